The lowest BCUT2D eigenvalue weighted by atomic mass is 10.3. The summed E-state index contributed by atoms with van der Waals surface area (Å²) in [5.74, 6) is 0.595. The molecular formula is C13H12FNO. The third-order valence-corrected chi connectivity index (χ3v) is 2.09. The van der Waals surface area contributed by atoms with Gasteiger partial charge < -0.3 is 9.73 Å². The molecule has 0 saturated carbocycles. The van der Waals surface area contributed by atoms with Gasteiger partial charge in [-0.15, -0.1) is 0 Å². The normalized spacial score (nSPS) is 10.8. The first-order valence-corrected chi connectivity index (χ1v) is 5.04. The van der Waals surface area contributed by atoms with Crippen LogP contribution < -0.4 is 5.32 Å². The summed E-state index contributed by atoms with van der Waals surface area (Å²) < 4.78 is 17.7. The van der Waals surface area contributed by atoms with E-state index in [4.69, 9.17) is 4.42 Å². The molecule has 0 bridgehead atoms. The molecule has 0 aliphatic carbocycles. The number of benzene rings is 1. The minimum absolute atomic E-state index is 0.225. The minimum Gasteiger partial charge on any atom is -0.465 e. The Hall–Kier alpha value is -2.03. The van der Waals surface area contributed by atoms with E-state index in [0.29, 0.717) is 6.54 Å². The van der Waals surface area contributed by atoms with Crippen molar-refractivity contribution in [3.63, 3.8) is 0 Å². The van der Waals surface area contributed by atoms with E-state index in [9.17, 15) is 4.39 Å². The van der Waals surface area contributed by atoms with E-state index in [1.54, 1.807) is 18.4 Å². The summed E-state index contributed by atoms with van der Waals surface area (Å²) in [4.78, 5) is 0. The van der Waals surface area contributed by atoms with Crippen LogP contribution in [0.2, 0.25) is 0 Å². The molecule has 0 spiro atoms. The zero-order valence-electron chi connectivity index (χ0n) is 8.69. The largest absolute Gasteiger partial charge is 0.465 e. The van der Waals surface area contributed by atoms with E-state index >= 15 is 0 Å². The van der Waals surface area contributed by atoms with E-state index in [2.05, 4.69) is 5.32 Å². The van der Waals surface area contributed by atoms with Crippen LogP contribution in [-0.2, 0) is 0 Å². The standard InChI is InChI=1S/C13H12FNO/c14-11-5-7-12(8-6-11)15-9-1-3-13-4-2-10-16-13/h1-8,10,15H,9H2/b3-1+. The average Bonchev–Trinajstić information content (AvgIpc) is 2.80. The SMILES string of the molecule is Fc1ccc(NC/C=C/c2ccco2)cc1. The van der Waals surface area contributed by atoms with Crippen molar-refractivity contribution >= 4 is 11.8 Å². The van der Waals surface area contributed by atoms with Gasteiger partial charge in [-0.05, 0) is 42.5 Å². The summed E-state index contributed by atoms with van der Waals surface area (Å²) >= 11 is 0. The molecule has 0 radical (unpaired) electrons. The number of nitrogens with one attached hydrogen (secondary N) is 1. The fourth-order valence-corrected chi connectivity index (χ4v) is 1.31. The first-order chi connectivity index (χ1) is 7.84. The molecule has 1 N–H and O–H groups in total. The molecule has 0 amide bonds. The van der Waals surface area contributed by atoms with E-state index in [1.807, 2.05) is 24.3 Å². The van der Waals surface area contributed by atoms with Crippen molar-refractivity contribution in [2.75, 3.05) is 11.9 Å². The Morgan fingerprint density at radius 2 is 2.00 bits per heavy atom. The lowest BCUT2D eigenvalue weighted by molar-refractivity contribution is 0.557. The van der Waals surface area contributed by atoms with Gasteiger partial charge in [0.2, 0.25) is 0 Å². The van der Waals surface area contributed by atoms with Crippen LogP contribution >= 0.6 is 0 Å². The molecule has 0 unspecified atom stereocenters. The van der Waals surface area contributed by atoms with Crippen LogP contribution in [0.4, 0.5) is 10.1 Å². The molecule has 2 nitrogen and oxygen atoms in total. The molecule has 0 aliphatic heterocycles. The van der Waals surface area contributed by atoms with Crippen LogP contribution in [0.5, 0.6) is 0 Å². The van der Waals surface area contributed by atoms with Crippen molar-refractivity contribution in [2.24, 2.45) is 0 Å². The van der Waals surface area contributed by atoms with E-state index in [-0.39, 0.29) is 5.82 Å². The number of halogens is 1. The Bertz CT molecular complexity index is 445. The number of rotatable bonds is 4. The molecule has 82 valence electrons. The second kappa shape index (κ2) is 5.16. The fraction of sp³-hybridized carbons (Fsp3) is 0.0769. The summed E-state index contributed by atoms with van der Waals surface area (Å²) in [6.07, 6.45) is 5.46. The maximum Gasteiger partial charge on any atom is 0.126 e. The van der Waals surface area contributed by atoms with Gasteiger partial charge in [-0.2, -0.15) is 0 Å². The average molecular weight is 217 g/mol. The van der Waals surface area contributed by atoms with Gasteiger partial charge in [-0.1, -0.05) is 6.08 Å². The molecule has 0 atom stereocenters. The summed E-state index contributed by atoms with van der Waals surface area (Å²) in [5.41, 5.74) is 0.894. The Labute approximate surface area is 93.4 Å². The van der Waals surface area contributed by atoms with Gasteiger partial charge in [0.15, 0.2) is 0 Å². The summed E-state index contributed by atoms with van der Waals surface area (Å²) in [5, 5.41) is 3.14. The quantitative estimate of drug-likeness (QED) is 0.847. The number of hydrogen-bond donors (Lipinski definition) is 1. The van der Waals surface area contributed by atoms with Gasteiger partial charge >= 0.3 is 0 Å². The molecule has 2 aromatic rings. The topological polar surface area (TPSA) is 25.2 Å². The molecule has 1 aromatic heterocycles. The molecular weight excluding hydrogens is 205 g/mol. The van der Waals surface area contributed by atoms with Crippen LogP contribution in [0.3, 0.4) is 0 Å². The highest BCUT2D eigenvalue weighted by Crippen LogP contribution is 2.08. The van der Waals surface area contributed by atoms with Gasteiger partial charge in [0.1, 0.15) is 11.6 Å². The highest BCUT2D eigenvalue weighted by molar-refractivity contribution is 5.47. The fourth-order valence-electron chi connectivity index (χ4n) is 1.31. The van der Waals surface area contributed by atoms with Crippen molar-refractivity contribution in [2.45, 2.75) is 0 Å². The smallest absolute Gasteiger partial charge is 0.126 e. The predicted molar refractivity (Wildman–Crippen MR) is 62.6 cm³/mol. The maximum absolute atomic E-state index is 12.6. The number of furan rings is 1. The second-order valence-corrected chi connectivity index (χ2v) is 3.31. The third kappa shape index (κ3) is 2.98. The second-order valence-electron chi connectivity index (χ2n) is 3.31. The Morgan fingerprint density at radius 3 is 2.69 bits per heavy atom. The van der Waals surface area contributed by atoms with Gasteiger partial charge in [0.05, 0.1) is 6.26 Å². The highest BCUT2D eigenvalue weighted by Gasteiger charge is 1.91. The molecule has 16 heavy (non-hydrogen) atoms. The van der Waals surface area contributed by atoms with E-state index < -0.39 is 0 Å². The first-order valence-electron chi connectivity index (χ1n) is 5.04. The summed E-state index contributed by atoms with van der Waals surface area (Å²) in [6.45, 7) is 0.673. The van der Waals surface area contributed by atoms with Crippen molar-refractivity contribution in [1.82, 2.24) is 0 Å². The van der Waals surface area contributed by atoms with Crippen molar-refractivity contribution in [1.29, 1.82) is 0 Å². The summed E-state index contributed by atoms with van der Waals surface area (Å²) in [7, 11) is 0. The molecule has 0 saturated heterocycles. The van der Waals surface area contributed by atoms with Crippen molar-refractivity contribution < 1.29 is 8.81 Å². The van der Waals surface area contributed by atoms with Crippen molar-refractivity contribution in [3.05, 3.63) is 60.3 Å². The molecule has 1 heterocycles. The van der Waals surface area contributed by atoms with Gasteiger partial charge in [-0.25, -0.2) is 4.39 Å². The summed E-state index contributed by atoms with van der Waals surface area (Å²) in [6, 6.07) is 9.99. The molecule has 1 aromatic carbocycles. The number of hydrogen-bond acceptors (Lipinski definition) is 2. The van der Waals surface area contributed by atoms with Crippen LogP contribution in [0.1, 0.15) is 5.76 Å². The third-order valence-electron chi connectivity index (χ3n) is 2.09. The van der Waals surface area contributed by atoms with Gasteiger partial charge in [0, 0.05) is 12.2 Å². The van der Waals surface area contributed by atoms with Crippen LogP contribution in [0.25, 0.3) is 6.08 Å². The van der Waals surface area contributed by atoms with E-state index in [0.717, 1.165) is 11.4 Å². The Kier molecular flexibility index (Phi) is 3.38. The Balaban J connectivity index is 1.82. The minimum atomic E-state index is -0.225. The van der Waals surface area contributed by atoms with Crippen LogP contribution in [-0.4, -0.2) is 6.54 Å². The van der Waals surface area contributed by atoms with E-state index in [1.165, 1.54) is 12.1 Å². The predicted octanol–water partition coefficient (Wildman–Crippen LogP) is 3.54. The first kappa shape index (κ1) is 10.5. The molecule has 0 aliphatic rings. The molecule has 0 fully saturated rings. The lowest BCUT2D eigenvalue weighted by Gasteiger charge is -2.01. The Morgan fingerprint density at radius 1 is 1.19 bits per heavy atom. The monoisotopic (exact) mass is 217 g/mol. The molecule has 3 heteroatoms. The van der Waals surface area contributed by atoms with Crippen LogP contribution in [0, 0.1) is 5.82 Å². The zero-order chi connectivity index (χ0) is 11.2. The number of anilines is 1. The van der Waals surface area contributed by atoms with Crippen LogP contribution in [0.15, 0.2) is 53.2 Å². The van der Waals surface area contributed by atoms with Gasteiger partial charge in [-0.3, -0.25) is 0 Å². The molecule has 2 rings (SSSR count). The van der Waals surface area contributed by atoms with Crippen molar-refractivity contribution in [3.8, 4) is 0 Å². The highest BCUT2D eigenvalue weighted by atomic mass is 19.1. The maximum atomic E-state index is 12.6. The van der Waals surface area contributed by atoms with Gasteiger partial charge in [0.25, 0.3) is 0 Å². The lowest BCUT2D eigenvalue weighted by Crippen LogP contribution is -1.97. The zero-order valence-corrected chi connectivity index (χ0v) is 8.69.